The topological polar surface area (TPSA) is 49.9 Å². The molecule has 0 bridgehead atoms. The number of ether oxygens (including phenoxy) is 1. The van der Waals surface area contributed by atoms with Gasteiger partial charge in [0.25, 0.3) is 0 Å². The summed E-state index contributed by atoms with van der Waals surface area (Å²) in [5, 5.41) is 0. The summed E-state index contributed by atoms with van der Waals surface area (Å²) in [6, 6.07) is 10.2. The molecule has 5 heteroatoms. The second-order valence-corrected chi connectivity index (χ2v) is 11.7. The van der Waals surface area contributed by atoms with Crippen LogP contribution >= 0.6 is 0 Å². The molecule has 1 aromatic carbocycles. The minimum atomic E-state index is 0.279. The maximum Gasteiger partial charge on any atom is 0.222 e. The average Bonchev–Trinajstić information content (AvgIpc) is 3.16. The number of rotatable bonds is 6. The van der Waals surface area contributed by atoms with E-state index in [1.54, 1.807) is 4.90 Å². The number of hydrogen-bond donors (Lipinski definition) is 0. The number of fused-ring (bicyclic) bond motifs is 5. The summed E-state index contributed by atoms with van der Waals surface area (Å²) in [4.78, 5) is 27.7. The van der Waals surface area contributed by atoms with Gasteiger partial charge in [-0.05, 0) is 91.6 Å². The van der Waals surface area contributed by atoms with Crippen LogP contribution in [0.1, 0.15) is 65.2 Å². The lowest BCUT2D eigenvalue weighted by molar-refractivity contribution is -0.159. The first-order valence-corrected chi connectivity index (χ1v) is 13.0. The third kappa shape index (κ3) is 3.71. The number of likely N-dealkylation sites (tertiary alicyclic amines) is 1. The Hall–Kier alpha value is -1.88. The molecule has 5 rings (SSSR count). The van der Waals surface area contributed by atoms with E-state index in [2.05, 4.69) is 18.7 Å². The summed E-state index contributed by atoms with van der Waals surface area (Å²) >= 11 is 0. The Morgan fingerprint density at radius 1 is 1.03 bits per heavy atom. The molecule has 1 heterocycles. The molecule has 3 aliphatic carbocycles. The Balaban J connectivity index is 1.24. The molecule has 1 aliphatic heterocycles. The van der Waals surface area contributed by atoms with E-state index in [0.717, 1.165) is 49.3 Å². The van der Waals surface area contributed by atoms with Crippen molar-refractivity contribution >= 4 is 18.0 Å². The Labute approximate surface area is 198 Å². The summed E-state index contributed by atoms with van der Waals surface area (Å²) in [6.07, 6.45) is 10.2. The SMILES string of the molecule is CN1C(=O)CC[C@@]2(C)C1CC[C@@H]1[C@H]2CC[C@]2(C)C(COCN(C=O)c3ccccc3)CC[C@@H]12. The zero-order valence-corrected chi connectivity index (χ0v) is 20.5. The lowest BCUT2D eigenvalue weighted by atomic mass is 9.47. The molecule has 0 radical (unpaired) electrons. The van der Waals surface area contributed by atoms with Gasteiger partial charge in [0, 0.05) is 25.2 Å². The first-order valence-electron chi connectivity index (χ1n) is 13.0. The quantitative estimate of drug-likeness (QED) is 0.446. The predicted octanol–water partition coefficient (Wildman–Crippen LogP) is 5.10. The molecular weight excluding hydrogens is 412 g/mol. The maximum absolute atomic E-state index is 12.4. The van der Waals surface area contributed by atoms with Gasteiger partial charge in [-0.2, -0.15) is 0 Å². The summed E-state index contributed by atoms with van der Waals surface area (Å²) in [5.41, 5.74) is 1.49. The molecule has 4 fully saturated rings. The van der Waals surface area contributed by atoms with Crippen molar-refractivity contribution in [2.75, 3.05) is 25.3 Å². The van der Waals surface area contributed by atoms with Crippen LogP contribution in [0.3, 0.4) is 0 Å². The first kappa shape index (κ1) is 22.9. The molecule has 0 aromatic heterocycles. The Bertz CT molecular complexity index is 875. The van der Waals surface area contributed by atoms with Gasteiger partial charge in [-0.15, -0.1) is 0 Å². The first-order chi connectivity index (χ1) is 15.9. The van der Waals surface area contributed by atoms with Crippen molar-refractivity contribution in [3.63, 3.8) is 0 Å². The minimum Gasteiger partial charge on any atom is -0.360 e. The molecule has 2 amide bonds. The van der Waals surface area contributed by atoms with E-state index in [1.165, 1.54) is 38.5 Å². The van der Waals surface area contributed by atoms with Crippen molar-refractivity contribution < 1.29 is 14.3 Å². The van der Waals surface area contributed by atoms with Crippen LogP contribution in [0.25, 0.3) is 0 Å². The molecule has 0 spiro atoms. The molecule has 1 aromatic rings. The van der Waals surface area contributed by atoms with Gasteiger partial charge in [-0.3, -0.25) is 14.5 Å². The van der Waals surface area contributed by atoms with Gasteiger partial charge in [-0.25, -0.2) is 0 Å². The zero-order valence-electron chi connectivity index (χ0n) is 20.5. The number of piperidine rings is 1. The highest BCUT2D eigenvalue weighted by molar-refractivity contribution is 5.77. The number of carbonyl (C=O) groups is 2. The number of para-hydroxylation sites is 1. The van der Waals surface area contributed by atoms with E-state index in [4.69, 9.17) is 4.74 Å². The standard InChI is InChI=1S/C28H40N2O3/c1-27-15-13-24-22(10-12-25-28(24,2)16-14-26(32)29(25)3)23(27)11-9-20(27)17-33-19-30(18-31)21-7-5-4-6-8-21/h4-8,18,20,22-25H,9-17,19H2,1-3H3/t20?,22-,23-,24+,25?,27+,28+/m0/s1. The van der Waals surface area contributed by atoms with Crippen LogP contribution in [0.2, 0.25) is 0 Å². The fourth-order valence-corrected chi connectivity index (χ4v) is 8.61. The average molecular weight is 453 g/mol. The third-order valence-corrected chi connectivity index (χ3v) is 10.5. The monoisotopic (exact) mass is 452 g/mol. The van der Waals surface area contributed by atoms with Crippen LogP contribution in [0.4, 0.5) is 5.69 Å². The van der Waals surface area contributed by atoms with E-state index in [9.17, 15) is 9.59 Å². The highest BCUT2D eigenvalue weighted by Gasteiger charge is 2.61. The van der Waals surface area contributed by atoms with Gasteiger partial charge in [0.05, 0.1) is 6.61 Å². The van der Waals surface area contributed by atoms with Crippen molar-refractivity contribution in [3.05, 3.63) is 30.3 Å². The summed E-state index contributed by atoms with van der Waals surface area (Å²) in [5.74, 6) is 3.20. The van der Waals surface area contributed by atoms with E-state index in [1.807, 2.05) is 37.4 Å². The Kier molecular flexibility index (Phi) is 6.05. The fourth-order valence-electron chi connectivity index (χ4n) is 8.61. The van der Waals surface area contributed by atoms with Crippen LogP contribution in [0.15, 0.2) is 30.3 Å². The zero-order chi connectivity index (χ0) is 23.2. The van der Waals surface area contributed by atoms with E-state index >= 15 is 0 Å². The van der Waals surface area contributed by atoms with Crippen molar-refractivity contribution in [3.8, 4) is 0 Å². The predicted molar refractivity (Wildman–Crippen MR) is 129 cm³/mol. The van der Waals surface area contributed by atoms with Gasteiger partial charge < -0.3 is 9.64 Å². The number of nitrogens with zero attached hydrogens (tertiary/aromatic N) is 2. The van der Waals surface area contributed by atoms with Crippen molar-refractivity contribution in [1.82, 2.24) is 4.90 Å². The number of benzene rings is 1. The van der Waals surface area contributed by atoms with Crippen LogP contribution in [-0.4, -0.2) is 43.6 Å². The minimum absolute atomic E-state index is 0.279. The normalized spacial score (nSPS) is 40.0. The van der Waals surface area contributed by atoms with Crippen LogP contribution in [0.5, 0.6) is 0 Å². The van der Waals surface area contributed by atoms with Gasteiger partial charge in [0.1, 0.15) is 6.73 Å². The van der Waals surface area contributed by atoms with Gasteiger partial charge in [0.15, 0.2) is 0 Å². The highest BCUT2D eigenvalue weighted by atomic mass is 16.5. The van der Waals surface area contributed by atoms with E-state index < -0.39 is 0 Å². The maximum atomic E-state index is 12.4. The fraction of sp³-hybridized carbons (Fsp3) is 0.714. The molecule has 5 nitrogen and oxygen atoms in total. The van der Waals surface area contributed by atoms with E-state index in [-0.39, 0.29) is 5.41 Å². The van der Waals surface area contributed by atoms with Gasteiger partial charge in [-0.1, -0.05) is 32.0 Å². The number of amides is 2. The Morgan fingerprint density at radius 3 is 2.55 bits per heavy atom. The second kappa shape index (κ2) is 8.72. The third-order valence-electron chi connectivity index (χ3n) is 10.5. The molecule has 2 unspecified atom stereocenters. The summed E-state index contributed by atoms with van der Waals surface area (Å²) < 4.78 is 6.16. The van der Waals surface area contributed by atoms with E-state index in [0.29, 0.717) is 30.0 Å². The molecule has 4 aliphatic rings. The molecule has 1 saturated heterocycles. The largest absolute Gasteiger partial charge is 0.360 e. The van der Waals surface area contributed by atoms with Crippen molar-refractivity contribution in [2.45, 2.75) is 71.3 Å². The Morgan fingerprint density at radius 2 is 1.79 bits per heavy atom. The lowest BCUT2D eigenvalue weighted by Crippen LogP contribution is -2.61. The molecule has 33 heavy (non-hydrogen) atoms. The number of carbonyl (C=O) groups excluding carboxylic acids is 2. The van der Waals surface area contributed by atoms with Crippen molar-refractivity contribution in [2.24, 2.45) is 34.5 Å². The van der Waals surface area contributed by atoms with Crippen LogP contribution in [0, 0.1) is 34.5 Å². The molecule has 0 N–H and O–H groups in total. The van der Waals surface area contributed by atoms with Crippen LogP contribution in [-0.2, 0) is 14.3 Å². The molecule has 7 atom stereocenters. The number of anilines is 1. The molecule has 180 valence electrons. The van der Waals surface area contributed by atoms with Crippen molar-refractivity contribution in [1.29, 1.82) is 0 Å². The lowest BCUT2D eigenvalue weighted by Gasteiger charge is -2.61. The molecular formula is C28H40N2O3. The smallest absolute Gasteiger partial charge is 0.222 e. The number of hydrogen-bond acceptors (Lipinski definition) is 3. The van der Waals surface area contributed by atoms with Crippen LogP contribution < -0.4 is 4.90 Å². The highest BCUT2D eigenvalue weighted by Crippen LogP contribution is 2.66. The van der Waals surface area contributed by atoms with Gasteiger partial charge in [0.2, 0.25) is 12.3 Å². The second-order valence-electron chi connectivity index (χ2n) is 11.7. The van der Waals surface area contributed by atoms with Gasteiger partial charge >= 0.3 is 0 Å². The summed E-state index contributed by atoms with van der Waals surface area (Å²) in [7, 11) is 2.04. The molecule has 3 saturated carbocycles. The summed E-state index contributed by atoms with van der Waals surface area (Å²) in [6.45, 7) is 6.07.